The maximum atomic E-state index is 12.9. The molecule has 33 heavy (non-hydrogen) atoms. The molecule has 3 aliphatic heterocycles. The summed E-state index contributed by atoms with van der Waals surface area (Å²) in [6.45, 7) is 6.45. The summed E-state index contributed by atoms with van der Waals surface area (Å²) in [5, 5.41) is 3.07. The first-order valence-corrected chi connectivity index (χ1v) is 12.4. The van der Waals surface area contributed by atoms with Crippen LogP contribution in [0.2, 0.25) is 0 Å². The van der Waals surface area contributed by atoms with E-state index in [-0.39, 0.29) is 12.1 Å². The predicted molar refractivity (Wildman–Crippen MR) is 130 cm³/mol. The fourth-order valence-electron chi connectivity index (χ4n) is 5.38. The number of carbonyl (C=O) groups is 1. The first-order chi connectivity index (χ1) is 16.2. The highest BCUT2D eigenvalue weighted by molar-refractivity contribution is 5.90. The van der Waals surface area contributed by atoms with Crippen molar-refractivity contribution in [3.63, 3.8) is 0 Å². The van der Waals surface area contributed by atoms with Crippen molar-refractivity contribution in [1.82, 2.24) is 9.80 Å². The number of aryl methyl sites for hydroxylation is 1. The Hall–Kier alpha value is -2.57. The molecule has 3 atom stereocenters. The lowest BCUT2D eigenvalue weighted by Gasteiger charge is -2.34. The molecule has 0 saturated carbocycles. The lowest BCUT2D eigenvalue weighted by atomic mass is 10.1. The maximum Gasteiger partial charge on any atom is 0.322 e. The molecule has 0 aromatic heterocycles. The van der Waals surface area contributed by atoms with Gasteiger partial charge in [0.1, 0.15) is 12.4 Å². The van der Waals surface area contributed by atoms with Gasteiger partial charge in [-0.3, -0.25) is 4.90 Å². The number of urea groups is 1. The number of hydrogen-bond donors (Lipinski definition) is 1. The Kier molecular flexibility index (Phi) is 6.83. The summed E-state index contributed by atoms with van der Waals surface area (Å²) >= 11 is 0. The summed E-state index contributed by atoms with van der Waals surface area (Å²) in [6, 6.07) is 17.1. The van der Waals surface area contributed by atoms with Crippen LogP contribution in [0.15, 0.2) is 48.5 Å². The summed E-state index contributed by atoms with van der Waals surface area (Å²) in [6.07, 6.45) is 5.77. The predicted octanol–water partition coefficient (Wildman–Crippen LogP) is 4.48. The van der Waals surface area contributed by atoms with Gasteiger partial charge in [0.25, 0.3) is 0 Å². The number of ether oxygens (including phenoxy) is 2. The van der Waals surface area contributed by atoms with Crippen molar-refractivity contribution in [2.75, 3.05) is 38.2 Å². The number of hydrogen-bond acceptors (Lipinski definition) is 4. The number of piperazine rings is 1. The molecule has 3 saturated heterocycles. The first-order valence-electron chi connectivity index (χ1n) is 12.4. The minimum Gasteiger partial charge on any atom is -0.491 e. The quantitative estimate of drug-likeness (QED) is 0.677. The Bertz CT molecular complexity index is 942. The molecule has 3 aliphatic rings. The third-order valence-corrected chi connectivity index (χ3v) is 7.36. The molecule has 2 amide bonds. The van der Waals surface area contributed by atoms with E-state index in [2.05, 4.69) is 41.4 Å². The number of amides is 2. The summed E-state index contributed by atoms with van der Waals surface area (Å²) in [7, 11) is 0. The zero-order valence-electron chi connectivity index (χ0n) is 19.5. The Morgan fingerprint density at radius 3 is 2.67 bits per heavy atom. The number of nitrogens with zero attached hydrogens (tertiary/aromatic N) is 2. The fraction of sp³-hybridized carbons (Fsp3) is 0.519. The molecule has 2 aromatic rings. The highest BCUT2D eigenvalue weighted by atomic mass is 16.5. The van der Waals surface area contributed by atoms with Crippen LogP contribution in [0.3, 0.4) is 0 Å². The van der Waals surface area contributed by atoms with E-state index >= 15 is 0 Å². The van der Waals surface area contributed by atoms with Crippen molar-refractivity contribution in [3.05, 3.63) is 59.7 Å². The SMILES string of the molecule is Cc1ccccc1CCN1CC2CC1CN2C(=O)Nc1ccc(OCC2CCCCO2)cc1. The average Bonchev–Trinajstić information content (AvgIpc) is 3.45. The van der Waals surface area contributed by atoms with Crippen LogP contribution < -0.4 is 10.1 Å². The van der Waals surface area contributed by atoms with Crippen molar-refractivity contribution >= 4 is 11.7 Å². The summed E-state index contributed by atoms with van der Waals surface area (Å²) in [5.41, 5.74) is 3.59. The van der Waals surface area contributed by atoms with Gasteiger partial charge in [0.15, 0.2) is 0 Å². The van der Waals surface area contributed by atoms with E-state index in [1.165, 1.54) is 17.5 Å². The standard InChI is InChI=1S/C27H35N3O3/c1-20-6-2-3-7-21(20)13-14-29-17-24-16-23(29)18-30(24)27(31)28-22-9-11-25(12-10-22)33-19-26-8-4-5-15-32-26/h2-3,6-7,9-12,23-24,26H,4-5,8,13-19H2,1H3,(H,28,31). The van der Waals surface area contributed by atoms with Crippen molar-refractivity contribution in [3.8, 4) is 5.75 Å². The van der Waals surface area contributed by atoms with E-state index in [0.717, 1.165) is 63.4 Å². The molecule has 2 aromatic carbocycles. The minimum absolute atomic E-state index is 0.00493. The fourth-order valence-corrected chi connectivity index (χ4v) is 5.38. The molecule has 176 valence electrons. The third-order valence-electron chi connectivity index (χ3n) is 7.36. The van der Waals surface area contributed by atoms with Crippen molar-refractivity contribution in [1.29, 1.82) is 0 Å². The number of likely N-dealkylation sites (tertiary alicyclic amines) is 2. The molecule has 2 bridgehead atoms. The van der Waals surface area contributed by atoms with Crippen LogP contribution in [-0.2, 0) is 11.2 Å². The normalized spacial score (nSPS) is 24.8. The second-order valence-electron chi connectivity index (χ2n) is 9.62. The Balaban J connectivity index is 1.07. The lowest BCUT2D eigenvalue weighted by Crippen LogP contribution is -2.50. The van der Waals surface area contributed by atoms with Gasteiger partial charge in [0.2, 0.25) is 0 Å². The van der Waals surface area contributed by atoms with Gasteiger partial charge < -0.3 is 19.7 Å². The van der Waals surface area contributed by atoms with E-state index in [1.54, 1.807) is 0 Å². The van der Waals surface area contributed by atoms with Gasteiger partial charge in [0.05, 0.1) is 6.10 Å². The highest BCUT2D eigenvalue weighted by Crippen LogP contribution is 2.31. The van der Waals surface area contributed by atoms with E-state index in [9.17, 15) is 4.79 Å². The number of carbonyl (C=O) groups excluding carboxylic acids is 1. The average molecular weight is 450 g/mol. The van der Waals surface area contributed by atoms with Crippen LogP contribution in [0.1, 0.15) is 36.8 Å². The van der Waals surface area contributed by atoms with Crippen LogP contribution in [0.25, 0.3) is 0 Å². The topological polar surface area (TPSA) is 54.0 Å². The smallest absolute Gasteiger partial charge is 0.322 e. The molecular weight excluding hydrogens is 414 g/mol. The van der Waals surface area contributed by atoms with Crippen molar-refractivity contribution in [2.24, 2.45) is 0 Å². The van der Waals surface area contributed by atoms with Crippen LogP contribution in [0, 0.1) is 6.92 Å². The monoisotopic (exact) mass is 449 g/mol. The molecule has 0 aliphatic carbocycles. The lowest BCUT2D eigenvalue weighted by molar-refractivity contribution is -0.0110. The van der Waals surface area contributed by atoms with Crippen molar-refractivity contribution in [2.45, 2.75) is 57.2 Å². The Morgan fingerprint density at radius 2 is 1.94 bits per heavy atom. The molecule has 3 unspecified atom stereocenters. The van der Waals surface area contributed by atoms with Crippen LogP contribution in [-0.4, -0.2) is 66.9 Å². The summed E-state index contributed by atoms with van der Waals surface area (Å²) in [4.78, 5) is 17.5. The zero-order chi connectivity index (χ0) is 22.6. The first kappa shape index (κ1) is 22.2. The largest absolute Gasteiger partial charge is 0.491 e. The van der Waals surface area contributed by atoms with Gasteiger partial charge >= 0.3 is 6.03 Å². The summed E-state index contributed by atoms with van der Waals surface area (Å²) in [5.74, 6) is 0.812. The molecule has 0 spiro atoms. The minimum atomic E-state index is 0.00493. The van der Waals surface area contributed by atoms with Crippen LogP contribution >= 0.6 is 0 Å². The Morgan fingerprint density at radius 1 is 1.09 bits per heavy atom. The molecular formula is C27H35N3O3. The van der Waals surface area contributed by atoms with E-state index in [1.807, 2.05) is 29.2 Å². The van der Waals surface area contributed by atoms with E-state index in [4.69, 9.17) is 9.47 Å². The number of rotatable bonds is 7. The van der Waals surface area contributed by atoms with Crippen LogP contribution in [0.4, 0.5) is 10.5 Å². The zero-order valence-corrected chi connectivity index (χ0v) is 19.5. The molecule has 3 heterocycles. The molecule has 1 N–H and O–H groups in total. The second-order valence-corrected chi connectivity index (χ2v) is 9.62. The van der Waals surface area contributed by atoms with Crippen LogP contribution in [0.5, 0.6) is 5.75 Å². The second kappa shape index (κ2) is 10.1. The molecule has 6 nitrogen and oxygen atoms in total. The number of fused-ring (bicyclic) bond motifs is 2. The maximum absolute atomic E-state index is 12.9. The highest BCUT2D eigenvalue weighted by Gasteiger charge is 2.44. The van der Waals surface area contributed by atoms with Gasteiger partial charge in [-0.25, -0.2) is 4.79 Å². The molecule has 3 fully saturated rings. The Labute approximate surface area is 196 Å². The van der Waals surface area contributed by atoms with E-state index in [0.29, 0.717) is 18.7 Å². The number of nitrogens with one attached hydrogen (secondary N) is 1. The van der Waals surface area contributed by atoms with Gasteiger partial charge in [-0.2, -0.15) is 0 Å². The van der Waals surface area contributed by atoms with Gasteiger partial charge in [-0.1, -0.05) is 24.3 Å². The summed E-state index contributed by atoms with van der Waals surface area (Å²) < 4.78 is 11.6. The van der Waals surface area contributed by atoms with Crippen molar-refractivity contribution < 1.29 is 14.3 Å². The number of benzene rings is 2. The van der Waals surface area contributed by atoms with Gasteiger partial charge in [-0.05, 0) is 74.4 Å². The van der Waals surface area contributed by atoms with Gasteiger partial charge in [-0.15, -0.1) is 0 Å². The van der Waals surface area contributed by atoms with E-state index < -0.39 is 0 Å². The van der Waals surface area contributed by atoms with Gasteiger partial charge in [0, 0.05) is 44.0 Å². The molecule has 0 radical (unpaired) electrons. The third kappa shape index (κ3) is 5.33. The number of anilines is 1. The molecule has 6 heteroatoms. The molecule has 5 rings (SSSR count).